The molecular formula is C19H27N3O5S. The van der Waals surface area contributed by atoms with E-state index in [1.54, 1.807) is 25.1 Å². The normalized spacial score (nSPS) is 23.1. The molecule has 1 atom stereocenters. The second kappa shape index (κ2) is 8.48. The maximum Gasteiger partial charge on any atom is 0.262 e. The van der Waals surface area contributed by atoms with Crippen LogP contribution in [0.25, 0.3) is 0 Å². The van der Waals surface area contributed by atoms with Gasteiger partial charge in [-0.1, -0.05) is 13.0 Å². The Balaban J connectivity index is 1.55. The number of rotatable bonds is 6. The van der Waals surface area contributed by atoms with Crippen LogP contribution in [0.4, 0.5) is 5.69 Å². The Hall–Kier alpha value is -2.13. The molecule has 8 nitrogen and oxygen atoms in total. The Morgan fingerprint density at radius 2 is 2.00 bits per heavy atom. The Labute approximate surface area is 165 Å². The van der Waals surface area contributed by atoms with E-state index >= 15 is 0 Å². The summed E-state index contributed by atoms with van der Waals surface area (Å²) in [6.45, 7) is 3.90. The number of anilines is 1. The summed E-state index contributed by atoms with van der Waals surface area (Å²) < 4.78 is 32.6. The highest BCUT2D eigenvalue weighted by molar-refractivity contribution is 7.90. The van der Waals surface area contributed by atoms with Crippen molar-refractivity contribution >= 4 is 27.5 Å². The lowest BCUT2D eigenvalue weighted by atomic mass is 9.88. The highest BCUT2D eigenvalue weighted by Gasteiger charge is 2.25. The molecular weight excluding hydrogens is 382 g/mol. The zero-order valence-corrected chi connectivity index (χ0v) is 17.0. The van der Waals surface area contributed by atoms with Crippen LogP contribution < -0.4 is 20.1 Å². The lowest BCUT2D eigenvalue weighted by Crippen LogP contribution is -2.42. The van der Waals surface area contributed by atoms with Gasteiger partial charge in [0.05, 0.1) is 11.7 Å². The first-order valence-corrected chi connectivity index (χ1v) is 11.2. The zero-order chi connectivity index (χ0) is 20.3. The molecule has 1 aliphatic carbocycles. The van der Waals surface area contributed by atoms with Crippen molar-refractivity contribution in [3.05, 3.63) is 23.8 Å². The zero-order valence-electron chi connectivity index (χ0n) is 16.2. The van der Waals surface area contributed by atoms with Gasteiger partial charge in [-0.15, -0.1) is 0 Å². The van der Waals surface area contributed by atoms with Crippen molar-refractivity contribution in [3.8, 4) is 5.75 Å². The SMILES string of the molecule is CC1CCC(NS(=O)(=O)CC(=O)NC(C)c2ccc3c(c2)NC(=O)CO3)CC1. The van der Waals surface area contributed by atoms with Gasteiger partial charge in [-0.2, -0.15) is 0 Å². The molecule has 1 saturated carbocycles. The molecule has 3 N–H and O–H groups in total. The maximum absolute atomic E-state index is 12.3. The molecule has 2 amide bonds. The molecule has 0 spiro atoms. The molecule has 154 valence electrons. The number of sulfonamides is 1. The highest BCUT2D eigenvalue weighted by Crippen LogP contribution is 2.30. The quantitative estimate of drug-likeness (QED) is 0.662. The number of hydrogen-bond donors (Lipinski definition) is 3. The number of carbonyl (C=O) groups excluding carboxylic acids is 2. The predicted molar refractivity (Wildman–Crippen MR) is 105 cm³/mol. The second-order valence-corrected chi connectivity index (χ2v) is 9.47. The maximum atomic E-state index is 12.3. The van der Waals surface area contributed by atoms with Gasteiger partial charge in [0.15, 0.2) is 6.61 Å². The highest BCUT2D eigenvalue weighted by atomic mass is 32.2. The van der Waals surface area contributed by atoms with E-state index in [0.29, 0.717) is 17.4 Å². The number of carbonyl (C=O) groups is 2. The molecule has 1 heterocycles. The minimum atomic E-state index is -3.69. The van der Waals surface area contributed by atoms with Gasteiger partial charge in [0, 0.05) is 6.04 Å². The molecule has 3 rings (SSSR count). The monoisotopic (exact) mass is 409 g/mol. The molecule has 0 saturated heterocycles. The van der Waals surface area contributed by atoms with E-state index in [-0.39, 0.29) is 18.6 Å². The van der Waals surface area contributed by atoms with Crippen molar-refractivity contribution in [1.29, 1.82) is 0 Å². The van der Waals surface area contributed by atoms with Crippen molar-refractivity contribution in [1.82, 2.24) is 10.0 Å². The average Bonchev–Trinajstić information content (AvgIpc) is 2.62. The third-order valence-electron chi connectivity index (χ3n) is 5.20. The Morgan fingerprint density at radius 1 is 1.29 bits per heavy atom. The molecule has 2 aliphatic rings. The van der Waals surface area contributed by atoms with Crippen molar-refractivity contribution < 1.29 is 22.7 Å². The molecule has 1 aromatic carbocycles. The Bertz CT molecular complexity index is 847. The fraction of sp³-hybridized carbons (Fsp3) is 0.579. The summed E-state index contributed by atoms with van der Waals surface area (Å²) in [5, 5.41) is 5.42. The third kappa shape index (κ3) is 5.45. The van der Waals surface area contributed by atoms with Crippen LogP contribution >= 0.6 is 0 Å². The molecule has 0 radical (unpaired) electrons. The first kappa shape index (κ1) is 20.6. The average molecular weight is 410 g/mol. The van der Waals surface area contributed by atoms with Crippen LogP contribution in [-0.2, 0) is 19.6 Å². The van der Waals surface area contributed by atoms with Gasteiger partial charge in [-0.3, -0.25) is 9.59 Å². The minimum absolute atomic E-state index is 0.0244. The van der Waals surface area contributed by atoms with Crippen LogP contribution in [0.2, 0.25) is 0 Å². The molecule has 1 unspecified atom stereocenters. The van der Waals surface area contributed by atoms with E-state index in [9.17, 15) is 18.0 Å². The summed E-state index contributed by atoms with van der Waals surface area (Å²) in [6, 6.07) is 4.71. The summed E-state index contributed by atoms with van der Waals surface area (Å²) in [6.07, 6.45) is 3.60. The number of amides is 2. The molecule has 1 aromatic rings. The summed E-state index contributed by atoms with van der Waals surface area (Å²) in [7, 11) is -3.69. The van der Waals surface area contributed by atoms with Crippen LogP contribution in [0.15, 0.2) is 18.2 Å². The molecule has 0 aromatic heterocycles. The number of benzene rings is 1. The standard InChI is InChI=1S/C19H27N3O5S/c1-12-3-6-15(7-4-12)22-28(25,26)11-19(24)20-13(2)14-5-8-17-16(9-14)21-18(23)10-27-17/h5,8-9,12-13,15,22H,3-4,6-7,10-11H2,1-2H3,(H,20,24)(H,21,23). The molecule has 28 heavy (non-hydrogen) atoms. The van der Waals surface area contributed by atoms with Crippen LogP contribution in [0.5, 0.6) is 5.75 Å². The van der Waals surface area contributed by atoms with E-state index < -0.39 is 27.7 Å². The molecule has 1 fully saturated rings. The largest absolute Gasteiger partial charge is 0.482 e. The predicted octanol–water partition coefficient (Wildman–Crippen LogP) is 1.69. The number of nitrogens with one attached hydrogen (secondary N) is 3. The van der Waals surface area contributed by atoms with Crippen molar-refractivity contribution in [2.45, 2.75) is 51.6 Å². The summed E-state index contributed by atoms with van der Waals surface area (Å²) in [5.74, 6) is -0.223. The number of ether oxygens (including phenoxy) is 1. The lowest BCUT2D eigenvalue weighted by molar-refractivity contribution is -0.119. The molecule has 0 bridgehead atoms. The fourth-order valence-corrected chi connectivity index (χ4v) is 4.84. The van der Waals surface area contributed by atoms with Crippen LogP contribution in [0.1, 0.15) is 51.1 Å². The van der Waals surface area contributed by atoms with E-state index in [1.807, 2.05) is 0 Å². The van der Waals surface area contributed by atoms with Gasteiger partial charge in [0.1, 0.15) is 11.5 Å². The molecule has 1 aliphatic heterocycles. The smallest absolute Gasteiger partial charge is 0.262 e. The molecule has 9 heteroatoms. The van der Waals surface area contributed by atoms with Crippen LogP contribution in [-0.4, -0.2) is 38.6 Å². The fourth-order valence-electron chi connectivity index (χ4n) is 3.58. The van der Waals surface area contributed by atoms with Crippen molar-refractivity contribution in [2.24, 2.45) is 5.92 Å². The van der Waals surface area contributed by atoms with Gasteiger partial charge in [-0.05, 0) is 56.2 Å². The first-order valence-electron chi connectivity index (χ1n) is 9.58. The first-order chi connectivity index (χ1) is 13.2. The number of fused-ring (bicyclic) bond motifs is 1. The van der Waals surface area contributed by atoms with E-state index in [1.165, 1.54) is 0 Å². The van der Waals surface area contributed by atoms with Gasteiger partial charge in [-0.25, -0.2) is 13.1 Å². The minimum Gasteiger partial charge on any atom is -0.482 e. The lowest BCUT2D eigenvalue weighted by Gasteiger charge is -2.26. The summed E-state index contributed by atoms with van der Waals surface area (Å²) in [4.78, 5) is 23.7. The topological polar surface area (TPSA) is 114 Å². The van der Waals surface area contributed by atoms with Gasteiger partial charge in [0.25, 0.3) is 5.91 Å². The Kier molecular flexibility index (Phi) is 6.24. The van der Waals surface area contributed by atoms with Gasteiger partial charge in [0.2, 0.25) is 15.9 Å². The van der Waals surface area contributed by atoms with E-state index in [4.69, 9.17) is 4.74 Å². The summed E-state index contributed by atoms with van der Waals surface area (Å²) in [5.41, 5.74) is 1.28. The third-order valence-corrected chi connectivity index (χ3v) is 6.53. The van der Waals surface area contributed by atoms with Gasteiger partial charge < -0.3 is 15.4 Å². The van der Waals surface area contributed by atoms with Crippen LogP contribution in [0, 0.1) is 5.92 Å². The van der Waals surface area contributed by atoms with E-state index in [2.05, 4.69) is 22.3 Å². The van der Waals surface area contributed by atoms with Gasteiger partial charge >= 0.3 is 0 Å². The summed E-state index contributed by atoms with van der Waals surface area (Å²) >= 11 is 0. The van der Waals surface area contributed by atoms with Crippen molar-refractivity contribution in [2.75, 3.05) is 17.7 Å². The van der Waals surface area contributed by atoms with Crippen molar-refractivity contribution in [3.63, 3.8) is 0 Å². The Morgan fingerprint density at radius 3 is 2.71 bits per heavy atom. The second-order valence-electron chi connectivity index (χ2n) is 7.72. The van der Waals surface area contributed by atoms with Crippen LogP contribution in [0.3, 0.4) is 0 Å². The number of hydrogen-bond acceptors (Lipinski definition) is 5. The van der Waals surface area contributed by atoms with E-state index in [0.717, 1.165) is 31.2 Å².